The van der Waals surface area contributed by atoms with Crippen LogP contribution in [-0.4, -0.2) is 35.4 Å². The molecule has 2 rings (SSSR count). The van der Waals surface area contributed by atoms with Crippen molar-refractivity contribution in [3.63, 3.8) is 0 Å². The molecule has 0 saturated carbocycles. The van der Waals surface area contributed by atoms with E-state index in [-0.39, 0.29) is 19.1 Å². The van der Waals surface area contributed by atoms with Crippen LogP contribution in [-0.2, 0) is 0 Å². The molecule has 0 fully saturated rings. The molecule has 1 unspecified atom stereocenters. The Bertz CT molecular complexity index is 686. The van der Waals surface area contributed by atoms with E-state index in [9.17, 15) is 9.90 Å². The van der Waals surface area contributed by atoms with E-state index in [1.807, 2.05) is 38.1 Å². The number of rotatable bonds is 6. The maximum Gasteiger partial charge on any atom is 0.257 e. The van der Waals surface area contributed by atoms with E-state index < -0.39 is 6.10 Å². The van der Waals surface area contributed by atoms with Crippen LogP contribution in [0.2, 0.25) is 0 Å². The second kappa shape index (κ2) is 7.76. The number of aliphatic hydroxyl groups excluding tert-OH is 2. The standard InChI is InChI=1S/C18H22N2O3/c1-12-7-8-13(2)17(9-12)20-18(23)15-5-3-4-6-16(15)19-10-14(22)11-21/h3-9,14,19,21-22H,10-11H2,1-2H3,(H,20,23). The summed E-state index contributed by atoms with van der Waals surface area (Å²) in [5, 5.41) is 24.2. The third-order valence-electron chi connectivity index (χ3n) is 3.55. The number of para-hydroxylation sites is 1. The van der Waals surface area contributed by atoms with E-state index >= 15 is 0 Å². The molecule has 0 bridgehead atoms. The molecule has 2 aromatic rings. The zero-order valence-electron chi connectivity index (χ0n) is 13.3. The molecule has 0 radical (unpaired) electrons. The van der Waals surface area contributed by atoms with Crippen LogP contribution in [0.4, 0.5) is 11.4 Å². The Hall–Kier alpha value is -2.37. The summed E-state index contributed by atoms with van der Waals surface area (Å²) < 4.78 is 0. The van der Waals surface area contributed by atoms with Gasteiger partial charge in [-0.15, -0.1) is 0 Å². The van der Waals surface area contributed by atoms with Gasteiger partial charge in [0.1, 0.15) is 0 Å². The van der Waals surface area contributed by atoms with Crippen LogP contribution in [0.1, 0.15) is 21.5 Å². The monoisotopic (exact) mass is 314 g/mol. The number of anilines is 2. The largest absolute Gasteiger partial charge is 0.394 e. The van der Waals surface area contributed by atoms with Gasteiger partial charge in [-0.2, -0.15) is 0 Å². The molecule has 5 nitrogen and oxygen atoms in total. The molecule has 0 aromatic heterocycles. The van der Waals surface area contributed by atoms with Crippen LogP contribution in [0.15, 0.2) is 42.5 Å². The summed E-state index contributed by atoms with van der Waals surface area (Å²) in [7, 11) is 0. The molecule has 23 heavy (non-hydrogen) atoms. The molecular formula is C18H22N2O3. The highest BCUT2D eigenvalue weighted by Crippen LogP contribution is 2.20. The molecule has 5 heteroatoms. The molecule has 122 valence electrons. The lowest BCUT2D eigenvalue weighted by atomic mass is 10.1. The maximum atomic E-state index is 12.5. The van der Waals surface area contributed by atoms with Crippen molar-refractivity contribution in [3.05, 3.63) is 59.2 Å². The van der Waals surface area contributed by atoms with E-state index in [0.29, 0.717) is 11.3 Å². The smallest absolute Gasteiger partial charge is 0.257 e. The fourth-order valence-electron chi connectivity index (χ4n) is 2.19. The fraction of sp³-hybridized carbons (Fsp3) is 0.278. The van der Waals surface area contributed by atoms with Crippen LogP contribution in [0, 0.1) is 13.8 Å². The van der Waals surface area contributed by atoms with Gasteiger partial charge in [0.15, 0.2) is 0 Å². The Morgan fingerprint density at radius 2 is 1.87 bits per heavy atom. The van der Waals surface area contributed by atoms with Crippen molar-refractivity contribution in [1.82, 2.24) is 0 Å². The molecular weight excluding hydrogens is 292 g/mol. The Morgan fingerprint density at radius 3 is 2.61 bits per heavy atom. The van der Waals surface area contributed by atoms with Gasteiger partial charge in [0, 0.05) is 17.9 Å². The average molecular weight is 314 g/mol. The SMILES string of the molecule is Cc1ccc(C)c(NC(=O)c2ccccc2NCC(O)CO)c1. The van der Waals surface area contributed by atoms with Gasteiger partial charge in [0.2, 0.25) is 0 Å². The van der Waals surface area contributed by atoms with Crippen molar-refractivity contribution >= 4 is 17.3 Å². The summed E-state index contributed by atoms with van der Waals surface area (Å²) in [6.45, 7) is 3.76. The number of aliphatic hydroxyl groups is 2. The quantitative estimate of drug-likeness (QED) is 0.659. The average Bonchev–Trinajstić information content (AvgIpc) is 2.56. The molecule has 0 spiro atoms. The second-order valence-electron chi connectivity index (χ2n) is 5.54. The molecule has 1 amide bonds. The zero-order chi connectivity index (χ0) is 16.8. The minimum absolute atomic E-state index is 0.171. The first kappa shape index (κ1) is 17.0. The Kier molecular flexibility index (Phi) is 5.73. The fourth-order valence-corrected chi connectivity index (χ4v) is 2.19. The molecule has 0 saturated heterocycles. The number of hydrogen-bond donors (Lipinski definition) is 4. The number of hydrogen-bond acceptors (Lipinski definition) is 4. The van der Waals surface area contributed by atoms with Crippen LogP contribution in [0.25, 0.3) is 0 Å². The first-order valence-electron chi connectivity index (χ1n) is 7.51. The van der Waals surface area contributed by atoms with Crippen LogP contribution >= 0.6 is 0 Å². The summed E-state index contributed by atoms with van der Waals surface area (Å²) in [6, 6.07) is 13.0. The first-order valence-corrected chi connectivity index (χ1v) is 7.51. The minimum atomic E-state index is -0.870. The third-order valence-corrected chi connectivity index (χ3v) is 3.55. The summed E-state index contributed by atoms with van der Waals surface area (Å²) in [5.41, 5.74) is 3.94. The summed E-state index contributed by atoms with van der Waals surface area (Å²) >= 11 is 0. The van der Waals surface area contributed by atoms with Crippen LogP contribution in [0.3, 0.4) is 0 Å². The summed E-state index contributed by atoms with van der Waals surface area (Å²) in [4.78, 5) is 12.5. The molecule has 2 aromatic carbocycles. The minimum Gasteiger partial charge on any atom is -0.394 e. The lowest BCUT2D eigenvalue weighted by Gasteiger charge is -2.15. The van der Waals surface area contributed by atoms with Crippen molar-refractivity contribution in [2.75, 3.05) is 23.8 Å². The molecule has 0 heterocycles. The number of nitrogens with one attached hydrogen (secondary N) is 2. The normalized spacial score (nSPS) is 11.8. The van der Waals surface area contributed by atoms with Gasteiger partial charge >= 0.3 is 0 Å². The van der Waals surface area contributed by atoms with E-state index in [1.165, 1.54) is 0 Å². The number of benzene rings is 2. The molecule has 0 aliphatic rings. The highest BCUT2D eigenvalue weighted by Gasteiger charge is 2.13. The number of amides is 1. The molecule has 0 aliphatic carbocycles. The predicted octanol–water partition coefficient (Wildman–Crippen LogP) is 2.32. The summed E-state index contributed by atoms with van der Waals surface area (Å²) in [6.07, 6.45) is -0.870. The van der Waals surface area contributed by atoms with Gasteiger partial charge in [-0.1, -0.05) is 24.3 Å². The van der Waals surface area contributed by atoms with Gasteiger partial charge in [-0.25, -0.2) is 0 Å². The number of carbonyl (C=O) groups excluding carboxylic acids is 1. The molecule has 4 N–H and O–H groups in total. The van der Waals surface area contributed by atoms with E-state index in [0.717, 1.165) is 16.8 Å². The predicted molar refractivity (Wildman–Crippen MR) is 91.9 cm³/mol. The Labute approximate surface area is 136 Å². The lowest BCUT2D eigenvalue weighted by Crippen LogP contribution is -2.24. The van der Waals surface area contributed by atoms with Crippen molar-refractivity contribution in [1.29, 1.82) is 0 Å². The molecule has 1 atom stereocenters. The van der Waals surface area contributed by atoms with Gasteiger partial charge in [0.25, 0.3) is 5.91 Å². The van der Waals surface area contributed by atoms with Gasteiger partial charge in [-0.3, -0.25) is 4.79 Å². The maximum absolute atomic E-state index is 12.5. The van der Waals surface area contributed by atoms with Crippen LogP contribution in [0.5, 0.6) is 0 Å². The number of aryl methyl sites for hydroxylation is 2. The zero-order valence-corrected chi connectivity index (χ0v) is 13.3. The Morgan fingerprint density at radius 1 is 1.13 bits per heavy atom. The Balaban J connectivity index is 2.17. The second-order valence-corrected chi connectivity index (χ2v) is 5.54. The van der Waals surface area contributed by atoms with E-state index in [2.05, 4.69) is 10.6 Å². The first-order chi connectivity index (χ1) is 11.0. The van der Waals surface area contributed by atoms with Gasteiger partial charge < -0.3 is 20.8 Å². The van der Waals surface area contributed by atoms with Crippen LogP contribution < -0.4 is 10.6 Å². The lowest BCUT2D eigenvalue weighted by molar-refractivity contribution is 0.102. The van der Waals surface area contributed by atoms with Gasteiger partial charge in [0.05, 0.1) is 18.3 Å². The topological polar surface area (TPSA) is 81.6 Å². The highest BCUT2D eigenvalue weighted by molar-refractivity contribution is 6.08. The van der Waals surface area contributed by atoms with Crippen molar-refractivity contribution < 1.29 is 15.0 Å². The molecule has 0 aliphatic heterocycles. The third kappa shape index (κ3) is 4.55. The van der Waals surface area contributed by atoms with Crippen molar-refractivity contribution in [3.8, 4) is 0 Å². The van der Waals surface area contributed by atoms with E-state index in [1.54, 1.807) is 18.2 Å². The highest BCUT2D eigenvalue weighted by atomic mass is 16.3. The van der Waals surface area contributed by atoms with E-state index in [4.69, 9.17) is 5.11 Å². The van der Waals surface area contributed by atoms with Gasteiger partial charge in [-0.05, 0) is 43.2 Å². The van der Waals surface area contributed by atoms with Crippen molar-refractivity contribution in [2.45, 2.75) is 20.0 Å². The van der Waals surface area contributed by atoms with Crippen molar-refractivity contribution in [2.24, 2.45) is 0 Å². The summed E-state index contributed by atoms with van der Waals surface area (Å²) in [5.74, 6) is -0.222. The number of carbonyl (C=O) groups is 1.